The van der Waals surface area contributed by atoms with Crippen LogP contribution in [0.25, 0.3) is 11.3 Å². The second kappa shape index (κ2) is 10.4. The van der Waals surface area contributed by atoms with Crippen molar-refractivity contribution < 1.29 is 22.4 Å². The van der Waals surface area contributed by atoms with Gasteiger partial charge in [0, 0.05) is 0 Å². The van der Waals surface area contributed by atoms with Crippen molar-refractivity contribution in [3.8, 4) is 11.3 Å². The minimum absolute atomic E-state index is 0. The number of nitrogens with one attached hydrogen (secondary N) is 2. The van der Waals surface area contributed by atoms with Crippen LogP contribution in [0, 0.1) is 6.20 Å². The van der Waals surface area contributed by atoms with Gasteiger partial charge in [0.05, 0.1) is 0 Å². The molecule has 2 aromatic heterocycles. The average molecular weight is 449 g/mol. The van der Waals surface area contributed by atoms with Crippen molar-refractivity contribution in [2.75, 3.05) is 18.5 Å². The van der Waals surface area contributed by atoms with Gasteiger partial charge in [0.25, 0.3) is 0 Å². The fourth-order valence-electron chi connectivity index (χ4n) is 1.36. The Morgan fingerprint density at radius 1 is 1.22 bits per heavy atom. The predicted octanol–water partition coefficient (Wildman–Crippen LogP) is 2.52. The van der Waals surface area contributed by atoms with E-state index in [1.54, 1.807) is 12.4 Å². The molecule has 0 amide bonds. The second-order valence-electron chi connectivity index (χ2n) is 3.41. The minimum atomic E-state index is 0. The van der Waals surface area contributed by atoms with E-state index >= 15 is 0 Å². The normalized spacial score (nSPS) is 9.56. The van der Waals surface area contributed by atoms with E-state index in [-0.39, 0.29) is 22.4 Å². The summed E-state index contributed by atoms with van der Waals surface area (Å²) < 4.78 is 0. The molecule has 0 radical (unpaired) electrons. The van der Waals surface area contributed by atoms with Gasteiger partial charge in [-0.2, -0.15) is 0 Å². The zero-order valence-electron chi connectivity index (χ0n) is 10.9. The Hall–Kier alpha value is -0.480. The van der Waals surface area contributed by atoms with Crippen molar-refractivity contribution in [2.45, 2.75) is 20.8 Å². The molecule has 0 saturated heterocycles. The van der Waals surface area contributed by atoms with Crippen LogP contribution in [0.3, 0.4) is 0 Å². The maximum Gasteiger partial charge on any atom is 1.00 e. The first kappa shape index (κ1) is 17.5. The van der Waals surface area contributed by atoms with Crippen LogP contribution in [0.15, 0.2) is 12.4 Å². The van der Waals surface area contributed by atoms with Gasteiger partial charge in [0.1, 0.15) is 0 Å². The summed E-state index contributed by atoms with van der Waals surface area (Å²) in [6, 6.07) is 0. The summed E-state index contributed by atoms with van der Waals surface area (Å²) in [5, 5.41) is 16.1. The van der Waals surface area contributed by atoms with Gasteiger partial charge in [-0.1, -0.05) is 44.1 Å². The van der Waals surface area contributed by atoms with Crippen LogP contribution >= 0.6 is 7.92 Å². The second-order valence-corrected chi connectivity index (χ2v) is 6.64. The molecule has 18 heavy (non-hydrogen) atoms. The van der Waals surface area contributed by atoms with Crippen LogP contribution in [0.1, 0.15) is 20.8 Å². The standard InChI is InChI=1S/C6H15P.C5H4N5.Au/c1-4-7(5-2)6-3;1-4(2-7-6-1)5-3-8-10-9-5;/h4-6H2,1-3H3;1-2H,(H,6,7)(H,8,9,10);/q;-1;+1. The summed E-state index contributed by atoms with van der Waals surface area (Å²) in [7, 11) is 0.446. The Morgan fingerprint density at radius 2 is 1.89 bits per heavy atom. The summed E-state index contributed by atoms with van der Waals surface area (Å²) in [6.07, 6.45) is 10.3. The topological polar surface area (TPSA) is 70.2 Å². The molecule has 0 spiro atoms. The molecule has 0 fully saturated rings. The van der Waals surface area contributed by atoms with Crippen molar-refractivity contribution in [3.63, 3.8) is 0 Å². The maximum absolute atomic E-state index is 3.76. The summed E-state index contributed by atoms with van der Waals surface area (Å²) in [6.45, 7) is 6.87. The van der Waals surface area contributed by atoms with Crippen LogP contribution in [0.4, 0.5) is 0 Å². The smallest absolute Gasteiger partial charge is 0.304 e. The molecule has 0 bridgehead atoms. The van der Waals surface area contributed by atoms with E-state index in [0.29, 0.717) is 7.92 Å². The molecule has 0 aliphatic carbocycles. The largest absolute Gasteiger partial charge is 1.00 e. The van der Waals surface area contributed by atoms with E-state index in [4.69, 9.17) is 0 Å². The molecule has 2 N–H and O–H groups in total. The zero-order valence-corrected chi connectivity index (χ0v) is 13.9. The summed E-state index contributed by atoms with van der Waals surface area (Å²) >= 11 is 0. The first-order valence-electron chi connectivity index (χ1n) is 5.82. The monoisotopic (exact) mass is 449 g/mol. The van der Waals surface area contributed by atoms with Crippen molar-refractivity contribution in [1.29, 1.82) is 0 Å². The third-order valence-corrected chi connectivity index (χ3v) is 5.19. The Kier molecular flexibility index (Phi) is 10.2. The van der Waals surface area contributed by atoms with E-state index < -0.39 is 0 Å². The van der Waals surface area contributed by atoms with Gasteiger partial charge in [-0.05, 0) is 24.7 Å². The van der Waals surface area contributed by atoms with Gasteiger partial charge in [-0.3, -0.25) is 5.10 Å². The third-order valence-electron chi connectivity index (χ3n) is 2.50. The molecule has 0 saturated carbocycles. The first-order chi connectivity index (χ1) is 8.31. The predicted molar refractivity (Wildman–Crippen MR) is 71.3 cm³/mol. The summed E-state index contributed by atoms with van der Waals surface area (Å²) in [5.41, 5.74) is 1.65. The number of H-pyrrole nitrogens is 2. The van der Waals surface area contributed by atoms with Crippen LogP contribution < -0.4 is 0 Å². The Morgan fingerprint density at radius 3 is 2.22 bits per heavy atom. The molecule has 0 aromatic carbocycles. The molecule has 2 heterocycles. The number of hydrogen-bond acceptors (Lipinski definition) is 3. The molecule has 2 rings (SSSR count). The number of aromatic amines is 2. The fraction of sp³-hybridized carbons (Fsp3) is 0.545. The minimum Gasteiger partial charge on any atom is -0.304 e. The summed E-state index contributed by atoms with van der Waals surface area (Å²) in [5.74, 6) is 0. The van der Waals surface area contributed by atoms with E-state index in [9.17, 15) is 0 Å². The Bertz CT molecular complexity index is 334. The van der Waals surface area contributed by atoms with Gasteiger partial charge in [0.2, 0.25) is 0 Å². The van der Waals surface area contributed by atoms with Gasteiger partial charge in [0.15, 0.2) is 0 Å². The fourth-order valence-corrected chi connectivity index (χ4v) is 2.70. The number of aromatic nitrogens is 5. The Balaban J connectivity index is 0.000000326. The van der Waals surface area contributed by atoms with Gasteiger partial charge in [-0.15, -0.1) is 13.5 Å². The van der Waals surface area contributed by atoms with Crippen molar-refractivity contribution in [3.05, 3.63) is 18.6 Å². The number of rotatable bonds is 4. The molecule has 0 atom stereocenters. The molecule has 7 heteroatoms. The Labute approximate surface area is 125 Å². The zero-order chi connectivity index (χ0) is 12.5. The molecule has 2 aromatic rings. The van der Waals surface area contributed by atoms with E-state index in [1.807, 2.05) is 0 Å². The van der Waals surface area contributed by atoms with E-state index in [0.717, 1.165) is 11.3 Å². The van der Waals surface area contributed by atoms with Crippen molar-refractivity contribution >= 4 is 7.92 Å². The van der Waals surface area contributed by atoms with Gasteiger partial charge >= 0.3 is 22.4 Å². The molecule has 0 unspecified atom stereocenters. The first-order valence-corrected chi connectivity index (χ1v) is 7.71. The third kappa shape index (κ3) is 5.92. The van der Waals surface area contributed by atoms with Crippen LogP contribution in [0.5, 0.6) is 0 Å². The quantitative estimate of drug-likeness (QED) is 0.428. The molecule has 0 aliphatic rings. The molecular weight excluding hydrogens is 430 g/mol. The molecular formula is C11H19AuN5P. The SMILES string of the molecule is CCP(CC)CC.[Au+].[c-]1nn[nH]c1-c1cn[nH]c1. The van der Waals surface area contributed by atoms with E-state index in [1.165, 1.54) is 18.5 Å². The van der Waals surface area contributed by atoms with Crippen LogP contribution in [-0.4, -0.2) is 44.1 Å². The number of nitrogens with zero attached hydrogens (tertiary/aromatic N) is 3. The maximum atomic E-state index is 3.76. The van der Waals surface area contributed by atoms with Gasteiger partial charge in [-0.25, -0.2) is 10.2 Å². The van der Waals surface area contributed by atoms with Gasteiger partial charge < -0.3 is 5.10 Å². The van der Waals surface area contributed by atoms with Crippen LogP contribution in [-0.2, 0) is 22.4 Å². The van der Waals surface area contributed by atoms with Crippen molar-refractivity contribution in [1.82, 2.24) is 25.6 Å². The van der Waals surface area contributed by atoms with E-state index in [2.05, 4.69) is 52.6 Å². The summed E-state index contributed by atoms with van der Waals surface area (Å²) in [4.78, 5) is 0. The molecule has 104 valence electrons. The van der Waals surface area contributed by atoms with Crippen LogP contribution in [0.2, 0.25) is 0 Å². The van der Waals surface area contributed by atoms with Crippen molar-refractivity contribution in [2.24, 2.45) is 0 Å². The molecule has 0 aliphatic heterocycles. The average Bonchev–Trinajstić information content (AvgIpc) is 3.05. The number of hydrogen-bond donors (Lipinski definition) is 2. The molecule has 5 nitrogen and oxygen atoms in total.